The number of rotatable bonds is 13. The standard InChI is InChI=1S/C31H33BrN6O6/c32-28-23-10-4-5-11-24(23)36-29(28)37-25(30(40)41)16-35-27(39)19-43-22-14-21(15-34-26-12-6-7-13-33-26)38(17-22)31(42)44-18-20-8-2-1-3-9-20/h1-13,21-22,25,36-37H,14-19H2,(H,33,34)(H,35,39)(H,40,41). The summed E-state index contributed by atoms with van der Waals surface area (Å²) >= 11 is 3.50. The molecule has 2 aromatic heterocycles. The molecular weight excluding hydrogens is 632 g/mol. The number of nitrogens with one attached hydrogen (secondary N) is 4. The number of carboxylic acid groups (broad SMARTS) is 1. The minimum absolute atomic E-state index is 0.137. The predicted molar refractivity (Wildman–Crippen MR) is 168 cm³/mol. The number of nitrogens with zero attached hydrogens (tertiary/aromatic N) is 2. The molecule has 5 N–H and O–H groups in total. The number of aromatic amines is 1. The molecule has 44 heavy (non-hydrogen) atoms. The molecule has 0 aliphatic carbocycles. The van der Waals surface area contributed by atoms with Crippen molar-refractivity contribution in [3.05, 3.63) is 89.0 Å². The van der Waals surface area contributed by atoms with Gasteiger partial charge in [0.05, 0.1) is 23.2 Å². The van der Waals surface area contributed by atoms with Crippen LogP contribution in [0.15, 0.2) is 83.5 Å². The summed E-state index contributed by atoms with van der Waals surface area (Å²) in [6.45, 7) is 0.333. The van der Waals surface area contributed by atoms with E-state index in [4.69, 9.17) is 9.47 Å². The Bertz CT molecular complexity index is 1570. The van der Waals surface area contributed by atoms with Crippen LogP contribution in [0.4, 0.5) is 16.4 Å². The van der Waals surface area contributed by atoms with E-state index in [2.05, 4.69) is 41.8 Å². The van der Waals surface area contributed by atoms with Gasteiger partial charge in [0.15, 0.2) is 0 Å². The van der Waals surface area contributed by atoms with E-state index in [9.17, 15) is 19.5 Å². The number of likely N-dealkylation sites (tertiary alicyclic amines) is 1. The largest absolute Gasteiger partial charge is 0.480 e. The molecule has 3 unspecified atom stereocenters. The Morgan fingerprint density at radius 2 is 1.84 bits per heavy atom. The van der Waals surface area contributed by atoms with Crippen LogP contribution in [-0.4, -0.2) is 82.4 Å². The van der Waals surface area contributed by atoms with Gasteiger partial charge in [-0.1, -0.05) is 54.6 Å². The number of amides is 2. The van der Waals surface area contributed by atoms with Gasteiger partial charge in [-0.3, -0.25) is 4.79 Å². The number of H-pyrrole nitrogens is 1. The number of ether oxygens (including phenoxy) is 2. The first-order valence-electron chi connectivity index (χ1n) is 14.1. The molecule has 0 bridgehead atoms. The number of hydrogen-bond donors (Lipinski definition) is 5. The van der Waals surface area contributed by atoms with Crippen molar-refractivity contribution in [3.8, 4) is 0 Å². The number of carbonyl (C=O) groups excluding carboxylic acids is 2. The quantitative estimate of drug-likeness (QED) is 0.141. The second-order valence-corrected chi connectivity index (χ2v) is 11.1. The first-order chi connectivity index (χ1) is 21.4. The van der Waals surface area contributed by atoms with E-state index < -0.39 is 30.1 Å². The molecule has 230 valence electrons. The molecule has 13 heteroatoms. The van der Waals surface area contributed by atoms with Crippen LogP contribution in [0.5, 0.6) is 0 Å². The van der Waals surface area contributed by atoms with E-state index in [0.29, 0.717) is 29.1 Å². The van der Waals surface area contributed by atoms with Gasteiger partial charge in [-0.25, -0.2) is 14.6 Å². The molecule has 2 aromatic carbocycles. The molecule has 1 aliphatic heterocycles. The van der Waals surface area contributed by atoms with Crippen molar-refractivity contribution >= 4 is 56.4 Å². The zero-order valence-electron chi connectivity index (χ0n) is 23.7. The highest BCUT2D eigenvalue weighted by Gasteiger charge is 2.37. The highest BCUT2D eigenvalue weighted by atomic mass is 79.9. The van der Waals surface area contributed by atoms with Crippen molar-refractivity contribution in [1.82, 2.24) is 20.2 Å². The fourth-order valence-corrected chi connectivity index (χ4v) is 5.50. The monoisotopic (exact) mass is 664 g/mol. The number of aliphatic carboxylic acids is 1. The van der Waals surface area contributed by atoms with E-state index >= 15 is 0 Å². The molecule has 2 amide bonds. The third kappa shape index (κ3) is 8.05. The number of halogens is 1. The summed E-state index contributed by atoms with van der Waals surface area (Å²) in [5, 5.41) is 19.5. The molecule has 0 saturated carbocycles. The van der Waals surface area contributed by atoms with Crippen LogP contribution in [0, 0.1) is 0 Å². The van der Waals surface area contributed by atoms with Gasteiger partial charge in [0.1, 0.15) is 30.9 Å². The van der Waals surface area contributed by atoms with Crippen LogP contribution in [0.1, 0.15) is 12.0 Å². The average molecular weight is 666 g/mol. The Morgan fingerprint density at radius 1 is 1.07 bits per heavy atom. The molecule has 3 heterocycles. The van der Waals surface area contributed by atoms with Gasteiger partial charge in [-0.15, -0.1) is 0 Å². The zero-order valence-corrected chi connectivity index (χ0v) is 25.3. The Hall–Kier alpha value is -4.62. The summed E-state index contributed by atoms with van der Waals surface area (Å²) < 4.78 is 12.1. The van der Waals surface area contributed by atoms with Crippen molar-refractivity contribution < 1.29 is 29.0 Å². The molecule has 5 rings (SSSR count). The Labute approximate surface area is 262 Å². The van der Waals surface area contributed by atoms with Gasteiger partial charge < -0.3 is 40.4 Å². The van der Waals surface area contributed by atoms with Crippen LogP contribution in [0.2, 0.25) is 0 Å². The van der Waals surface area contributed by atoms with E-state index in [1.807, 2.05) is 72.8 Å². The van der Waals surface area contributed by atoms with Crippen molar-refractivity contribution in [2.75, 3.05) is 36.9 Å². The SMILES string of the molecule is O=C(COC1CC(CNc2ccccn2)N(C(=O)OCc2ccccc2)C1)NCC(Nc1[nH]c2ccccc2c1Br)C(=O)O. The Morgan fingerprint density at radius 3 is 2.59 bits per heavy atom. The third-order valence-electron chi connectivity index (χ3n) is 7.21. The van der Waals surface area contributed by atoms with Gasteiger partial charge in [-0.05, 0) is 46.1 Å². The molecule has 4 aromatic rings. The maximum absolute atomic E-state index is 13.1. The molecular formula is C31H33BrN6O6. The maximum atomic E-state index is 13.1. The lowest BCUT2D eigenvalue weighted by Crippen LogP contribution is -2.43. The lowest BCUT2D eigenvalue weighted by molar-refractivity contribution is -0.138. The molecule has 12 nitrogen and oxygen atoms in total. The zero-order chi connectivity index (χ0) is 30.9. The maximum Gasteiger partial charge on any atom is 0.410 e. The number of carbonyl (C=O) groups is 3. The fraction of sp³-hybridized carbons (Fsp3) is 0.290. The number of aromatic nitrogens is 2. The number of anilines is 2. The molecule has 0 spiro atoms. The van der Waals surface area contributed by atoms with Crippen molar-refractivity contribution in [2.24, 2.45) is 0 Å². The Kier molecular flexibility index (Phi) is 10.3. The van der Waals surface area contributed by atoms with Gasteiger partial charge in [0, 0.05) is 30.2 Å². The van der Waals surface area contributed by atoms with Crippen LogP contribution in [0.25, 0.3) is 10.9 Å². The summed E-state index contributed by atoms with van der Waals surface area (Å²) in [5.41, 5.74) is 1.71. The Balaban J connectivity index is 1.14. The first-order valence-corrected chi connectivity index (χ1v) is 14.9. The van der Waals surface area contributed by atoms with Crippen LogP contribution < -0.4 is 16.0 Å². The summed E-state index contributed by atoms with van der Waals surface area (Å²) in [7, 11) is 0. The van der Waals surface area contributed by atoms with E-state index in [1.165, 1.54) is 0 Å². The predicted octanol–water partition coefficient (Wildman–Crippen LogP) is 4.22. The topological polar surface area (TPSA) is 158 Å². The van der Waals surface area contributed by atoms with Crippen molar-refractivity contribution in [1.29, 1.82) is 0 Å². The highest BCUT2D eigenvalue weighted by Crippen LogP contribution is 2.31. The van der Waals surface area contributed by atoms with Gasteiger partial charge in [0.2, 0.25) is 5.91 Å². The number of pyridine rings is 1. The minimum atomic E-state index is -1.12. The normalized spacial score (nSPS) is 16.8. The summed E-state index contributed by atoms with van der Waals surface area (Å²) in [6.07, 6.45) is 1.25. The molecule has 1 saturated heterocycles. The van der Waals surface area contributed by atoms with Gasteiger partial charge in [-0.2, -0.15) is 0 Å². The number of para-hydroxylation sites is 1. The first kappa shape index (κ1) is 30.8. The van der Waals surface area contributed by atoms with Crippen molar-refractivity contribution in [2.45, 2.75) is 31.2 Å². The third-order valence-corrected chi connectivity index (χ3v) is 8.04. The average Bonchev–Trinajstić information content (AvgIpc) is 3.61. The minimum Gasteiger partial charge on any atom is -0.480 e. The molecule has 0 radical (unpaired) electrons. The lowest BCUT2D eigenvalue weighted by Gasteiger charge is -2.24. The highest BCUT2D eigenvalue weighted by molar-refractivity contribution is 9.10. The van der Waals surface area contributed by atoms with E-state index in [0.717, 1.165) is 16.5 Å². The number of benzene rings is 2. The molecule has 1 aliphatic rings. The fourth-order valence-electron chi connectivity index (χ4n) is 4.95. The number of carboxylic acids is 1. The van der Waals surface area contributed by atoms with Crippen LogP contribution in [0.3, 0.4) is 0 Å². The van der Waals surface area contributed by atoms with Crippen LogP contribution >= 0.6 is 15.9 Å². The smallest absolute Gasteiger partial charge is 0.410 e. The summed E-state index contributed by atoms with van der Waals surface area (Å²) in [4.78, 5) is 46.6. The second kappa shape index (κ2) is 14.7. The number of hydrogen-bond acceptors (Lipinski definition) is 8. The lowest BCUT2D eigenvalue weighted by atomic mass is 10.2. The van der Waals surface area contributed by atoms with E-state index in [-0.39, 0.29) is 32.3 Å². The molecule has 1 fully saturated rings. The summed E-state index contributed by atoms with van der Waals surface area (Å²) in [6, 6.07) is 21.1. The van der Waals surface area contributed by atoms with Gasteiger partial charge in [0.25, 0.3) is 0 Å². The summed E-state index contributed by atoms with van der Waals surface area (Å²) in [5.74, 6) is -0.419. The molecule has 3 atom stereocenters. The van der Waals surface area contributed by atoms with Crippen molar-refractivity contribution in [3.63, 3.8) is 0 Å². The van der Waals surface area contributed by atoms with Crippen LogP contribution in [-0.2, 0) is 25.7 Å². The second-order valence-electron chi connectivity index (χ2n) is 10.3. The number of fused-ring (bicyclic) bond motifs is 1. The van der Waals surface area contributed by atoms with Gasteiger partial charge >= 0.3 is 12.1 Å². The van der Waals surface area contributed by atoms with E-state index in [1.54, 1.807) is 11.1 Å².